The maximum Gasteiger partial charge on any atom is 0.161 e. The van der Waals surface area contributed by atoms with E-state index in [-0.39, 0.29) is 0 Å². The Kier molecular flexibility index (Phi) is 7.85. The van der Waals surface area contributed by atoms with E-state index in [2.05, 4.69) is 48.9 Å². The van der Waals surface area contributed by atoms with Crippen LogP contribution in [-0.2, 0) is 6.54 Å². The topological polar surface area (TPSA) is 47.1 Å². The number of pyridine rings is 1. The number of aromatic nitrogens is 1. The van der Waals surface area contributed by atoms with Crippen molar-refractivity contribution >= 4 is 21.7 Å². The van der Waals surface area contributed by atoms with E-state index in [0.717, 1.165) is 60.3 Å². The van der Waals surface area contributed by atoms with Gasteiger partial charge in [-0.25, -0.2) is 4.98 Å². The Morgan fingerprint density at radius 1 is 0.875 bits per heavy atom. The monoisotopic (exact) mass is 497 g/mol. The Balaban J connectivity index is 1.26. The molecule has 7 heteroatoms. The molecule has 1 aromatic heterocycles. The Labute approximate surface area is 197 Å². The maximum absolute atomic E-state index is 5.90. The second-order valence-electron chi connectivity index (χ2n) is 7.59. The molecule has 0 aliphatic carbocycles. The van der Waals surface area contributed by atoms with Crippen LogP contribution in [0.5, 0.6) is 17.2 Å². The highest BCUT2D eigenvalue weighted by Gasteiger charge is 2.18. The van der Waals surface area contributed by atoms with E-state index >= 15 is 0 Å². The molecule has 1 saturated heterocycles. The van der Waals surface area contributed by atoms with Crippen molar-refractivity contribution in [2.75, 3.05) is 51.4 Å². The number of piperazine rings is 1. The Bertz CT molecular complexity index is 995. The highest BCUT2D eigenvalue weighted by molar-refractivity contribution is 9.10. The van der Waals surface area contributed by atoms with Crippen molar-refractivity contribution in [3.05, 3.63) is 76.9 Å². The zero-order chi connectivity index (χ0) is 22.2. The van der Waals surface area contributed by atoms with Gasteiger partial charge in [-0.05, 0) is 48.0 Å². The van der Waals surface area contributed by atoms with Gasteiger partial charge in [-0.3, -0.25) is 4.90 Å². The zero-order valence-electron chi connectivity index (χ0n) is 18.2. The summed E-state index contributed by atoms with van der Waals surface area (Å²) in [4.78, 5) is 9.26. The molecule has 1 aliphatic heterocycles. The summed E-state index contributed by atoms with van der Waals surface area (Å²) in [5.41, 5.74) is 1.21. The van der Waals surface area contributed by atoms with Crippen LogP contribution >= 0.6 is 15.9 Å². The van der Waals surface area contributed by atoms with Crippen LogP contribution in [0.4, 0.5) is 5.82 Å². The number of ether oxygens (including phenoxy) is 3. The summed E-state index contributed by atoms with van der Waals surface area (Å²) in [6.45, 7) is 5.76. The first-order valence-electron chi connectivity index (χ1n) is 10.8. The molecular formula is C25H28BrN3O3. The zero-order valence-corrected chi connectivity index (χ0v) is 19.8. The van der Waals surface area contributed by atoms with E-state index in [1.165, 1.54) is 5.56 Å². The van der Waals surface area contributed by atoms with Crippen molar-refractivity contribution in [1.82, 2.24) is 9.88 Å². The van der Waals surface area contributed by atoms with Crippen molar-refractivity contribution in [1.29, 1.82) is 0 Å². The number of rotatable bonds is 9. The summed E-state index contributed by atoms with van der Waals surface area (Å²) in [6.07, 6.45) is 1.85. The molecule has 1 aliphatic rings. The van der Waals surface area contributed by atoms with Crippen molar-refractivity contribution in [2.45, 2.75) is 6.54 Å². The third kappa shape index (κ3) is 6.14. The molecule has 32 heavy (non-hydrogen) atoms. The van der Waals surface area contributed by atoms with E-state index in [0.29, 0.717) is 13.2 Å². The fourth-order valence-corrected chi connectivity index (χ4v) is 4.11. The summed E-state index contributed by atoms with van der Waals surface area (Å²) in [5.74, 6) is 3.35. The molecule has 0 unspecified atom stereocenters. The van der Waals surface area contributed by atoms with Gasteiger partial charge in [-0.2, -0.15) is 0 Å². The van der Waals surface area contributed by atoms with Gasteiger partial charge in [-0.1, -0.05) is 34.1 Å². The lowest BCUT2D eigenvalue weighted by molar-refractivity contribution is 0.211. The summed E-state index contributed by atoms with van der Waals surface area (Å²) < 4.78 is 18.2. The Morgan fingerprint density at radius 2 is 1.72 bits per heavy atom. The predicted octanol–water partition coefficient (Wildman–Crippen LogP) is 4.63. The van der Waals surface area contributed by atoms with Gasteiger partial charge in [0.2, 0.25) is 0 Å². The lowest BCUT2D eigenvalue weighted by Gasteiger charge is -2.35. The van der Waals surface area contributed by atoms with Crippen LogP contribution in [0.1, 0.15) is 5.56 Å². The summed E-state index contributed by atoms with van der Waals surface area (Å²) in [7, 11) is 1.68. The molecule has 4 rings (SSSR count). The lowest BCUT2D eigenvalue weighted by atomic mass is 10.1. The molecule has 0 spiro atoms. The number of hydrogen-bond donors (Lipinski definition) is 0. The molecule has 0 N–H and O–H groups in total. The quantitative estimate of drug-likeness (QED) is 0.401. The molecule has 2 aromatic carbocycles. The number of benzene rings is 2. The first-order chi connectivity index (χ1) is 15.7. The average molecular weight is 498 g/mol. The Hall–Kier alpha value is -2.77. The number of nitrogens with zero attached hydrogens (tertiary/aromatic N) is 3. The van der Waals surface area contributed by atoms with Gasteiger partial charge < -0.3 is 19.1 Å². The average Bonchev–Trinajstić information content (AvgIpc) is 2.83. The maximum atomic E-state index is 5.90. The Morgan fingerprint density at radius 3 is 2.47 bits per heavy atom. The van der Waals surface area contributed by atoms with Crippen LogP contribution in [-0.4, -0.2) is 56.4 Å². The number of methoxy groups -OCH3 is 1. The van der Waals surface area contributed by atoms with E-state index in [9.17, 15) is 0 Å². The van der Waals surface area contributed by atoms with Gasteiger partial charge in [0.15, 0.2) is 11.5 Å². The molecule has 0 atom stereocenters. The van der Waals surface area contributed by atoms with Gasteiger partial charge in [-0.15, -0.1) is 0 Å². The van der Waals surface area contributed by atoms with Gasteiger partial charge in [0, 0.05) is 43.4 Å². The molecule has 0 radical (unpaired) electrons. The van der Waals surface area contributed by atoms with Crippen LogP contribution in [0.25, 0.3) is 0 Å². The second kappa shape index (κ2) is 11.2. The first-order valence-corrected chi connectivity index (χ1v) is 11.6. The number of halogens is 1. The van der Waals surface area contributed by atoms with E-state index < -0.39 is 0 Å². The summed E-state index contributed by atoms with van der Waals surface area (Å²) in [5, 5.41) is 0. The van der Waals surface area contributed by atoms with Crippen LogP contribution < -0.4 is 19.1 Å². The molecule has 1 fully saturated rings. The molecule has 0 amide bonds. The van der Waals surface area contributed by atoms with Crippen molar-refractivity contribution in [3.63, 3.8) is 0 Å². The molecule has 0 saturated carbocycles. The smallest absolute Gasteiger partial charge is 0.161 e. The standard InChI is InChI=1S/C25H28BrN3O3/c1-30-24-17-20(19-28-11-13-29(14-12-28)25-7-2-3-10-27-25)8-9-23(24)32-16-15-31-22-6-4-5-21(26)18-22/h2-10,17-18H,11-16,19H2,1H3. The molecular weight excluding hydrogens is 470 g/mol. The molecule has 0 bridgehead atoms. The lowest BCUT2D eigenvalue weighted by Crippen LogP contribution is -2.46. The molecule has 3 aromatic rings. The van der Waals surface area contributed by atoms with Crippen molar-refractivity contribution in [2.24, 2.45) is 0 Å². The van der Waals surface area contributed by atoms with Gasteiger partial charge >= 0.3 is 0 Å². The van der Waals surface area contributed by atoms with Crippen molar-refractivity contribution < 1.29 is 14.2 Å². The number of hydrogen-bond acceptors (Lipinski definition) is 6. The third-order valence-corrected chi connectivity index (χ3v) is 5.88. The largest absolute Gasteiger partial charge is 0.493 e. The summed E-state index contributed by atoms with van der Waals surface area (Å²) >= 11 is 3.45. The fourth-order valence-electron chi connectivity index (χ4n) is 3.73. The molecule has 168 valence electrons. The second-order valence-corrected chi connectivity index (χ2v) is 8.51. The highest BCUT2D eigenvalue weighted by atomic mass is 79.9. The van der Waals surface area contributed by atoms with E-state index in [4.69, 9.17) is 14.2 Å². The summed E-state index contributed by atoms with van der Waals surface area (Å²) in [6, 6.07) is 20.0. The van der Waals surface area contributed by atoms with Crippen LogP contribution in [0.3, 0.4) is 0 Å². The van der Waals surface area contributed by atoms with E-state index in [1.54, 1.807) is 7.11 Å². The minimum absolute atomic E-state index is 0.442. The third-order valence-electron chi connectivity index (χ3n) is 5.39. The first kappa shape index (κ1) is 22.4. The minimum atomic E-state index is 0.442. The number of anilines is 1. The highest BCUT2D eigenvalue weighted by Crippen LogP contribution is 2.29. The van der Waals surface area contributed by atoms with Gasteiger partial charge in [0.05, 0.1) is 7.11 Å². The van der Waals surface area contributed by atoms with E-state index in [1.807, 2.05) is 48.7 Å². The fraction of sp³-hybridized carbons (Fsp3) is 0.320. The SMILES string of the molecule is COc1cc(CN2CCN(c3ccccn3)CC2)ccc1OCCOc1cccc(Br)c1. The molecule has 6 nitrogen and oxygen atoms in total. The minimum Gasteiger partial charge on any atom is -0.493 e. The normalized spacial score (nSPS) is 14.2. The van der Waals surface area contributed by atoms with Gasteiger partial charge in [0.25, 0.3) is 0 Å². The predicted molar refractivity (Wildman–Crippen MR) is 130 cm³/mol. The van der Waals surface area contributed by atoms with Crippen LogP contribution in [0.2, 0.25) is 0 Å². The van der Waals surface area contributed by atoms with Gasteiger partial charge in [0.1, 0.15) is 24.8 Å². The van der Waals surface area contributed by atoms with Crippen LogP contribution in [0.15, 0.2) is 71.3 Å². The molecule has 2 heterocycles. The van der Waals surface area contributed by atoms with Crippen molar-refractivity contribution in [3.8, 4) is 17.2 Å². The van der Waals surface area contributed by atoms with Crippen LogP contribution in [0, 0.1) is 0 Å².